The van der Waals surface area contributed by atoms with Crippen molar-refractivity contribution in [2.24, 2.45) is 0 Å². The summed E-state index contributed by atoms with van der Waals surface area (Å²) in [7, 11) is 0. The average molecular weight is 312 g/mol. The van der Waals surface area contributed by atoms with Crippen molar-refractivity contribution in [3.8, 4) is 0 Å². The van der Waals surface area contributed by atoms with Crippen LogP contribution in [0.15, 0.2) is 60.7 Å². The molecule has 0 atom stereocenters. The van der Waals surface area contributed by atoms with E-state index in [2.05, 4.69) is 72.6 Å². The fraction of sp³-hybridized carbons (Fsp3) is 0.0909. The lowest BCUT2D eigenvalue weighted by Crippen LogP contribution is -1.88. The number of aryl methyl sites for hydroxylation is 2. The van der Waals surface area contributed by atoms with Crippen molar-refractivity contribution in [3.05, 3.63) is 94.3 Å². The summed E-state index contributed by atoms with van der Waals surface area (Å²) in [4.78, 5) is 0. The lowest BCUT2D eigenvalue weighted by Gasteiger charge is -1.97. The molecule has 2 aromatic carbocycles. The zero-order valence-corrected chi connectivity index (χ0v) is 14.0. The minimum Gasteiger partial charge on any atom is -0.151 e. The topological polar surface area (TPSA) is 25.8 Å². The van der Waals surface area contributed by atoms with Crippen LogP contribution in [0.1, 0.15) is 33.6 Å². The summed E-state index contributed by atoms with van der Waals surface area (Å²) in [6.07, 6.45) is 8.05. The molecule has 1 aromatic heterocycles. The van der Waals surface area contributed by atoms with E-state index >= 15 is 0 Å². The second kappa shape index (κ2) is 7.51. The van der Waals surface area contributed by atoms with E-state index in [1.165, 1.54) is 11.1 Å². The van der Waals surface area contributed by atoms with Crippen LogP contribution < -0.4 is 0 Å². The number of nitrogens with zero attached hydrogens (tertiary/aromatic N) is 2. The van der Waals surface area contributed by atoms with Crippen LogP contribution in [0, 0.1) is 13.8 Å². The third-order valence-electron chi connectivity index (χ3n) is 3.75. The summed E-state index contributed by atoms with van der Waals surface area (Å²) < 4.78 is 0. The van der Waals surface area contributed by atoms with E-state index in [9.17, 15) is 0 Å². The number of hydrogen-bond acceptors (Lipinski definition) is 2. The van der Waals surface area contributed by atoms with Crippen LogP contribution >= 0.6 is 0 Å². The molecule has 118 valence electrons. The Morgan fingerprint density at radius 3 is 1.21 bits per heavy atom. The van der Waals surface area contributed by atoms with Crippen LogP contribution in [0.5, 0.6) is 0 Å². The molecule has 3 aromatic rings. The van der Waals surface area contributed by atoms with Gasteiger partial charge >= 0.3 is 0 Å². The molecule has 0 aliphatic heterocycles. The van der Waals surface area contributed by atoms with E-state index in [0.717, 1.165) is 22.5 Å². The van der Waals surface area contributed by atoms with Crippen molar-refractivity contribution in [1.82, 2.24) is 10.2 Å². The Bertz CT molecular complexity index is 765. The minimum absolute atomic E-state index is 0.850. The Morgan fingerprint density at radius 1 is 0.500 bits per heavy atom. The van der Waals surface area contributed by atoms with Crippen molar-refractivity contribution >= 4 is 24.3 Å². The van der Waals surface area contributed by atoms with E-state index in [-0.39, 0.29) is 0 Å². The molecular formula is C22H20N2. The van der Waals surface area contributed by atoms with Gasteiger partial charge in [0, 0.05) is 0 Å². The van der Waals surface area contributed by atoms with Crippen LogP contribution in [0.4, 0.5) is 0 Å². The van der Waals surface area contributed by atoms with Crippen molar-refractivity contribution < 1.29 is 0 Å². The first-order valence-corrected chi connectivity index (χ1v) is 8.02. The SMILES string of the molecule is Cc1ccc(C=Cc2ccc(C=Cc3ccc(C)cc3)nn2)cc1. The molecule has 0 saturated heterocycles. The van der Waals surface area contributed by atoms with E-state index in [1.54, 1.807) is 0 Å². The van der Waals surface area contributed by atoms with Gasteiger partial charge in [-0.25, -0.2) is 0 Å². The van der Waals surface area contributed by atoms with Crippen LogP contribution in [-0.4, -0.2) is 10.2 Å². The van der Waals surface area contributed by atoms with Crippen LogP contribution in [0.2, 0.25) is 0 Å². The highest BCUT2D eigenvalue weighted by Gasteiger charge is 1.93. The largest absolute Gasteiger partial charge is 0.151 e. The molecule has 0 radical (unpaired) electrons. The van der Waals surface area contributed by atoms with Gasteiger partial charge in [0.25, 0.3) is 0 Å². The zero-order chi connectivity index (χ0) is 16.8. The van der Waals surface area contributed by atoms with E-state index in [4.69, 9.17) is 0 Å². The lowest BCUT2D eigenvalue weighted by atomic mass is 10.1. The maximum absolute atomic E-state index is 4.25. The van der Waals surface area contributed by atoms with Gasteiger partial charge in [-0.05, 0) is 49.3 Å². The van der Waals surface area contributed by atoms with Crippen molar-refractivity contribution in [2.75, 3.05) is 0 Å². The molecule has 3 rings (SSSR count). The first-order chi connectivity index (χ1) is 11.7. The molecule has 0 fully saturated rings. The van der Waals surface area contributed by atoms with Crippen LogP contribution in [0.25, 0.3) is 24.3 Å². The fourth-order valence-corrected chi connectivity index (χ4v) is 2.25. The number of benzene rings is 2. The second-order valence-corrected chi connectivity index (χ2v) is 5.87. The molecule has 0 unspecified atom stereocenters. The second-order valence-electron chi connectivity index (χ2n) is 5.87. The van der Waals surface area contributed by atoms with Gasteiger partial charge in [0.15, 0.2) is 0 Å². The van der Waals surface area contributed by atoms with Gasteiger partial charge in [0.1, 0.15) is 0 Å². The summed E-state index contributed by atoms with van der Waals surface area (Å²) in [5.74, 6) is 0. The maximum atomic E-state index is 4.25. The molecule has 0 spiro atoms. The molecule has 0 saturated carbocycles. The normalized spacial score (nSPS) is 11.4. The van der Waals surface area contributed by atoms with E-state index < -0.39 is 0 Å². The van der Waals surface area contributed by atoms with Crippen molar-refractivity contribution in [3.63, 3.8) is 0 Å². The minimum atomic E-state index is 0.850. The molecule has 1 heterocycles. The summed E-state index contributed by atoms with van der Waals surface area (Å²) in [5, 5.41) is 8.50. The zero-order valence-electron chi connectivity index (χ0n) is 14.0. The van der Waals surface area contributed by atoms with E-state index in [0.29, 0.717) is 0 Å². The van der Waals surface area contributed by atoms with Gasteiger partial charge in [0.2, 0.25) is 0 Å². The number of aromatic nitrogens is 2. The predicted molar refractivity (Wildman–Crippen MR) is 102 cm³/mol. The summed E-state index contributed by atoms with van der Waals surface area (Å²) in [6.45, 7) is 4.17. The molecule has 24 heavy (non-hydrogen) atoms. The van der Waals surface area contributed by atoms with Crippen LogP contribution in [-0.2, 0) is 0 Å². The number of rotatable bonds is 4. The third-order valence-corrected chi connectivity index (χ3v) is 3.75. The Hall–Kier alpha value is -3.00. The maximum Gasteiger partial charge on any atom is 0.0858 e. The Balaban J connectivity index is 1.66. The van der Waals surface area contributed by atoms with Gasteiger partial charge in [-0.3, -0.25) is 0 Å². The highest BCUT2D eigenvalue weighted by Crippen LogP contribution is 2.10. The molecule has 0 N–H and O–H groups in total. The highest BCUT2D eigenvalue weighted by molar-refractivity contribution is 5.70. The number of hydrogen-bond donors (Lipinski definition) is 0. The molecule has 0 bridgehead atoms. The third kappa shape index (κ3) is 4.50. The van der Waals surface area contributed by atoms with E-state index in [1.807, 2.05) is 36.4 Å². The standard InChI is InChI=1S/C22H20N2/c1-17-3-7-19(8-4-17)11-13-21-15-16-22(24-23-21)14-12-20-9-5-18(2)6-10-20/h3-16H,1-2H3. The lowest BCUT2D eigenvalue weighted by molar-refractivity contribution is 1.01. The van der Waals surface area contributed by atoms with Crippen molar-refractivity contribution in [2.45, 2.75) is 13.8 Å². The molecule has 2 heteroatoms. The summed E-state index contributed by atoms with van der Waals surface area (Å²) in [5.41, 5.74) is 6.54. The summed E-state index contributed by atoms with van der Waals surface area (Å²) >= 11 is 0. The van der Waals surface area contributed by atoms with Gasteiger partial charge in [-0.1, -0.05) is 71.8 Å². The molecule has 0 aliphatic carbocycles. The average Bonchev–Trinajstić information content (AvgIpc) is 2.62. The quantitative estimate of drug-likeness (QED) is 0.641. The fourth-order valence-electron chi connectivity index (χ4n) is 2.25. The molecule has 0 aliphatic rings. The van der Waals surface area contributed by atoms with Gasteiger partial charge in [-0.2, -0.15) is 10.2 Å². The summed E-state index contributed by atoms with van der Waals surface area (Å²) in [6, 6.07) is 20.7. The Labute approximate surface area is 143 Å². The van der Waals surface area contributed by atoms with Gasteiger partial charge in [-0.15, -0.1) is 0 Å². The molecule has 2 nitrogen and oxygen atoms in total. The van der Waals surface area contributed by atoms with Gasteiger partial charge < -0.3 is 0 Å². The van der Waals surface area contributed by atoms with Crippen molar-refractivity contribution in [1.29, 1.82) is 0 Å². The smallest absolute Gasteiger partial charge is 0.0858 e. The Morgan fingerprint density at radius 2 is 0.875 bits per heavy atom. The Kier molecular flexibility index (Phi) is 4.97. The molecule has 0 amide bonds. The van der Waals surface area contributed by atoms with Crippen LogP contribution in [0.3, 0.4) is 0 Å². The monoisotopic (exact) mass is 312 g/mol. The first kappa shape index (κ1) is 15.9. The first-order valence-electron chi connectivity index (χ1n) is 8.02. The predicted octanol–water partition coefficient (Wildman–Crippen LogP) is 5.43. The molecular weight excluding hydrogens is 292 g/mol. The highest BCUT2D eigenvalue weighted by atomic mass is 15.1. The van der Waals surface area contributed by atoms with Gasteiger partial charge in [0.05, 0.1) is 11.4 Å².